The summed E-state index contributed by atoms with van der Waals surface area (Å²) in [5.41, 5.74) is -1.02. The third-order valence-corrected chi connectivity index (χ3v) is 2.84. The number of hydrogen-bond acceptors (Lipinski definition) is 5. The SMILES string of the molecule is CC(C)(C)OC(=O)C/C(C(=O)OC(C)(C)C)=[N+](/[O-])Cc1ccccc1. The van der Waals surface area contributed by atoms with Crippen molar-refractivity contribution in [3.8, 4) is 0 Å². The Morgan fingerprint density at radius 2 is 1.48 bits per heavy atom. The number of ether oxygens (including phenoxy) is 2. The molecule has 0 N–H and O–H groups in total. The number of nitrogens with zero attached hydrogens (tertiary/aromatic N) is 1. The van der Waals surface area contributed by atoms with Gasteiger partial charge in [0.15, 0.2) is 6.54 Å². The van der Waals surface area contributed by atoms with Crippen molar-refractivity contribution in [2.45, 2.75) is 65.7 Å². The molecule has 0 amide bonds. The van der Waals surface area contributed by atoms with Gasteiger partial charge in [-0.15, -0.1) is 0 Å². The third-order valence-electron chi connectivity index (χ3n) is 2.84. The van der Waals surface area contributed by atoms with Crippen molar-refractivity contribution in [3.63, 3.8) is 0 Å². The van der Waals surface area contributed by atoms with Gasteiger partial charge in [0.05, 0.1) is 0 Å². The highest BCUT2D eigenvalue weighted by Gasteiger charge is 2.31. The maximum atomic E-state index is 12.5. The number of hydroxylamine groups is 1. The van der Waals surface area contributed by atoms with E-state index in [2.05, 4.69) is 0 Å². The lowest BCUT2D eigenvalue weighted by molar-refractivity contribution is -0.475. The number of benzene rings is 1. The molecule has 0 unspecified atom stereocenters. The van der Waals surface area contributed by atoms with Gasteiger partial charge in [-0.2, -0.15) is 4.74 Å². The summed E-state index contributed by atoms with van der Waals surface area (Å²) in [6, 6.07) is 8.96. The van der Waals surface area contributed by atoms with Gasteiger partial charge in [-0.25, -0.2) is 4.79 Å². The number of carbonyl (C=O) groups is 2. The topological polar surface area (TPSA) is 78.7 Å². The largest absolute Gasteiger partial charge is 0.623 e. The van der Waals surface area contributed by atoms with Crippen LogP contribution in [0.1, 0.15) is 53.5 Å². The lowest BCUT2D eigenvalue weighted by Gasteiger charge is -2.21. The minimum Gasteiger partial charge on any atom is -0.623 e. The van der Waals surface area contributed by atoms with Crippen molar-refractivity contribution in [2.24, 2.45) is 0 Å². The second-order valence-corrected chi connectivity index (χ2v) is 7.73. The summed E-state index contributed by atoms with van der Waals surface area (Å²) in [5, 5.41) is 12.5. The Kier molecular flexibility index (Phi) is 6.73. The van der Waals surface area contributed by atoms with Gasteiger partial charge in [-0.1, -0.05) is 30.3 Å². The first-order valence-corrected chi connectivity index (χ1v) is 8.17. The summed E-state index contributed by atoms with van der Waals surface area (Å²) in [6.07, 6.45) is -0.442. The van der Waals surface area contributed by atoms with Crippen LogP contribution >= 0.6 is 0 Å². The van der Waals surface area contributed by atoms with Crippen LogP contribution in [0.3, 0.4) is 0 Å². The normalized spacial score (nSPS) is 13.0. The molecule has 1 rings (SSSR count). The van der Waals surface area contributed by atoms with Crippen LogP contribution in [-0.4, -0.2) is 33.6 Å². The number of carbonyl (C=O) groups excluding carboxylic acids is 2. The van der Waals surface area contributed by atoms with E-state index in [0.717, 1.165) is 5.56 Å². The number of esters is 2. The summed E-state index contributed by atoms with van der Waals surface area (Å²) >= 11 is 0. The van der Waals surface area contributed by atoms with E-state index in [1.54, 1.807) is 65.8 Å². The zero-order valence-electron chi connectivity index (χ0n) is 15.8. The highest BCUT2D eigenvalue weighted by atomic mass is 16.6. The van der Waals surface area contributed by atoms with E-state index >= 15 is 0 Å². The Morgan fingerprint density at radius 1 is 0.960 bits per heavy atom. The summed E-state index contributed by atoms with van der Waals surface area (Å²) in [4.78, 5) is 24.5. The molecule has 0 radical (unpaired) electrons. The highest BCUT2D eigenvalue weighted by Crippen LogP contribution is 2.12. The molecular weight excluding hydrogens is 322 g/mol. The van der Waals surface area contributed by atoms with Crippen molar-refractivity contribution in [1.82, 2.24) is 0 Å². The van der Waals surface area contributed by atoms with Gasteiger partial charge in [-0.3, -0.25) is 4.79 Å². The van der Waals surface area contributed by atoms with E-state index in [9.17, 15) is 14.8 Å². The molecule has 0 saturated heterocycles. The van der Waals surface area contributed by atoms with Gasteiger partial charge >= 0.3 is 11.9 Å². The van der Waals surface area contributed by atoms with Crippen LogP contribution in [0.4, 0.5) is 0 Å². The van der Waals surface area contributed by atoms with E-state index in [1.165, 1.54) is 0 Å². The van der Waals surface area contributed by atoms with Crippen LogP contribution in [-0.2, 0) is 25.6 Å². The number of rotatable bonds is 5. The Labute approximate surface area is 149 Å². The van der Waals surface area contributed by atoms with Crippen LogP contribution in [0.2, 0.25) is 0 Å². The van der Waals surface area contributed by atoms with Crippen molar-refractivity contribution in [1.29, 1.82) is 0 Å². The van der Waals surface area contributed by atoms with Crippen LogP contribution in [0, 0.1) is 5.21 Å². The Bertz CT molecular complexity index is 636. The molecular formula is C19H27NO5. The molecule has 0 bridgehead atoms. The molecule has 0 aliphatic heterocycles. The maximum Gasteiger partial charge on any atom is 0.401 e. The Hall–Kier alpha value is -2.37. The molecule has 0 aliphatic carbocycles. The molecule has 0 atom stereocenters. The van der Waals surface area contributed by atoms with E-state index in [0.29, 0.717) is 4.74 Å². The molecule has 138 valence electrons. The van der Waals surface area contributed by atoms with Gasteiger partial charge < -0.3 is 14.7 Å². The lowest BCUT2D eigenvalue weighted by atomic mass is 10.1. The first-order chi connectivity index (χ1) is 11.4. The molecule has 0 aliphatic rings. The fourth-order valence-corrected chi connectivity index (χ4v) is 1.96. The van der Waals surface area contributed by atoms with Crippen LogP contribution < -0.4 is 0 Å². The van der Waals surface area contributed by atoms with Crippen molar-refractivity contribution >= 4 is 17.7 Å². The van der Waals surface area contributed by atoms with E-state index in [1.807, 2.05) is 6.07 Å². The van der Waals surface area contributed by atoms with Gasteiger partial charge in [0.25, 0.3) is 5.71 Å². The Morgan fingerprint density at radius 3 is 1.96 bits per heavy atom. The predicted molar refractivity (Wildman–Crippen MR) is 95.1 cm³/mol. The second-order valence-electron chi connectivity index (χ2n) is 7.73. The number of hydrogen-bond donors (Lipinski definition) is 0. The summed E-state index contributed by atoms with van der Waals surface area (Å²) in [5.74, 6) is -1.47. The maximum absolute atomic E-state index is 12.5. The van der Waals surface area contributed by atoms with Gasteiger partial charge in [0, 0.05) is 5.56 Å². The molecule has 6 heteroatoms. The molecule has 6 nitrogen and oxygen atoms in total. The van der Waals surface area contributed by atoms with Crippen LogP contribution in [0.15, 0.2) is 30.3 Å². The van der Waals surface area contributed by atoms with E-state index < -0.39 is 29.6 Å². The lowest BCUT2D eigenvalue weighted by Crippen LogP contribution is -2.36. The quantitative estimate of drug-likeness (QED) is 0.268. The molecule has 1 aromatic rings. The fourth-order valence-electron chi connectivity index (χ4n) is 1.96. The molecule has 0 fully saturated rings. The van der Waals surface area contributed by atoms with Gasteiger partial charge in [0.2, 0.25) is 0 Å². The summed E-state index contributed by atoms with van der Waals surface area (Å²) < 4.78 is 11.0. The molecule has 1 aromatic carbocycles. The van der Waals surface area contributed by atoms with E-state index in [-0.39, 0.29) is 12.3 Å². The zero-order chi connectivity index (χ0) is 19.3. The minimum absolute atomic E-state index is 0.0573. The molecule has 0 heterocycles. The fraction of sp³-hybridized carbons (Fsp3) is 0.526. The smallest absolute Gasteiger partial charge is 0.401 e. The zero-order valence-corrected chi connectivity index (χ0v) is 15.8. The molecule has 0 spiro atoms. The summed E-state index contributed by atoms with van der Waals surface area (Å²) in [7, 11) is 0. The predicted octanol–water partition coefficient (Wildman–Crippen LogP) is 3.21. The van der Waals surface area contributed by atoms with Crippen LogP contribution in [0.25, 0.3) is 0 Å². The van der Waals surface area contributed by atoms with Gasteiger partial charge in [-0.05, 0) is 41.5 Å². The first kappa shape index (κ1) is 20.7. The first-order valence-electron chi connectivity index (χ1n) is 8.17. The molecule has 0 aromatic heterocycles. The monoisotopic (exact) mass is 349 g/mol. The van der Waals surface area contributed by atoms with E-state index in [4.69, 9.17) is 9.47 Å². The van der Waals surface area contributed by atoms with Crippen LogP contribution in [0.5, 0.6) is 0 Å². The van der Waals surface area contributed by atoms with Crippen molar-refractivity contribution in [2.75, 3.05) is 0 Å². The molecule has 25 heavy (non-hydrogen) atoms. The molecule has 0 saturated carbocycles. The second kappa shape index (κ2) is 8.14. The average molecular weight is 349 g/mol. The highest BCUT2D eigenvalue weighted by molar-refractivity contribution is 6.37. The average Bonchev–Trinajstić information content (AvgIpc) is 2.41. The minimum atomic E-state index is -0.815. The van der Waals surface area contributed by atoms with Crippen molar-refractivity contribution < 1.29 is 23.8 Å². The summed E-state index contributed by atoms with van der Waals surface area (Å²) in [6.45, 7) is 10.2. The Balaban J connectivity index is 3.06. The van der Waals surface area contributed by atoms with Gasteiger partial charge in [0.1, 0.15) is 17.6 Å². The van der Waals surface area contributed by atoms with Crippen molar-refractivity contribution in [3.05, 3.63) is 41.1 Å². The standard InChI is InChI=1S/C19H27NO5/c1-18(2,3)24-16(21)12-15(17(22)25-19(4,5)6)20(23)13-14-10-8-7-9-11-14/h7-11H,12-13H2,1-6H3/b20-15-. The third kappa shape index (κ3) is 8.33.